The van der Waals surface area contributed by atoms with Crippen LogP contribution in [0.15, 0.2) is 60.0 Å². The molecule has 32 heavy (non-hydrogen) atoms. The summed E-state index contributed by atoms with van der Waals surface area (Å²) in [5.74, 6) is -0.438. The number of halogens is 1. The van der Waals surface area contributed by atoms with E-state index < -0.39 is 21.7 Å². The van der Waals surface area contributed by atoms with Crippen molar-refractivity contribution in [3.63, 3.8) is 0 Å². The third-order valence-corrected chi connectivity index (χ3v) is 6.50. The van der Waals surface area contributed by atoms with Gasteiger partial charge in [-0.1, -0.05) is 6.07 Å². The van der Waals surface area contributed by atoms with Crippen LogP contribution in [0.3, 0.4) is 0 Å². The lowest BCUT2D eigenvalue weighted by Crippen LogP contribution is -2.25. The maximum Gasteiger partial charge on any atom is 0.182 e. The molecule has 11 heteroatoms. The van der Waals surface area contributed by atoms with Crippen LogP contribution in [0, 0.1) is 11.2 Å². The third kappa shape index (κ3) is 3.17. The summed E-state index contributed by atoms with van der Waals surface area (Å²) in [6.07, 6.45) is 4.13. The average molecular weight is 451 g/mol. The van der Waals surface area contributed by atoms with Gasteiger partial charge in [0.05, 0.1) is 40.5 Å². The van der Waals surface area contributed by atoms with Crippen molar-refractivity contribution >= 4 is 31.9 Å². The summed E-state index contributed by atoms with van der Waals surface area (Å²) >= 11 is 0. The first kappa shape index (κ1) is 20.1. The summed E-state index contributed by atoms with van der Waals surface area (Å²) in [6, 6.07) is 10.2. The zero-order valence-electron chi connectivity index (χ0n) is 17.1. The Kier molecular flexibility index (Phi) is 4.45. The molecule has 0 unspecified atom stereocenters. The van der Waals surface area contributed by atoms with Crippen LogP contribution < -0.4 is 5.49 Å². The molecule has 0 radical (unpaired) electrons. The van der Waals surface area contributed by atoms with Crippen molar-refractivity contribution in [2.45, 2.75) is 17.9 Å². The van der Waals surface area contributed by atoms with Gasteiger partial charge in [0, 0.05) is 17.7 Å². The Morgan fingerprint density at radius 1 is 1.16 bits per heavy atom. The van der Waals surface area contributed by atoms with E-state index in [4.69, 9.17) is 10.5 Å². The smallest absolute Gasteiger partial charge is 0.182 e. The third-order valence-electron chi connectivity index (χ3n) is 5.39. The minimum atomic E-state index is -3.43. The van der Waals surface area contributed by atoms with Gasteiger partial charge in [-0.05, 0) is 37.3 Å². The Hall–Kier alpha value is -3.86. The number of nitrogens with one attached hydrogen (secondary N) is 2. The number of nitrogens with zero attached hydrogens (tertiary/aromatic N) is 5. The maximum absolute atomic E-state index is 14.1. The SMILES string of the molecule is C[C@@H](c1nn(-c2cccc(S(C)(=O)=O)c2)c2cc(F)ccc12)n1cnc2nc[nH]c2c1=N. The van der Waals surface area contributed by atoms with Crippen molar-refractivity contribution in [1.29, 1.82) is 5.41 Å². The van der Waals surface area contributed by atoms with E-state index in [-0.39, 0.29) is 10.4 Å². The van der Waals surface area contributed by atoms with Gasteiger partial charge in [0.2, 0.25) is 0 Å². The van der Waals surface area contributed by atoms with E-state index in [0.29, 0.717) is 33.4 Å². The predicted molar refractivity (Wildman–Crippen MR) is 116 cm³/mol. The summed E-state index contributed by atoms with van der Waals surface area (Å²) in [6.45, 7) is 1.87. The molecule has 9 nitrogen and oxygen atoms in total. The lowest BCUT2D eigenvalue weighted by molar-refractivity contribution is 0.576. The quantitative estimate of drug-likeness (QED) is 0.435. The molecule has 0 saturated carbocycles. The largest absolute Gasteiger partial charge is 0.340 e. The summed E-state index contributed by atoms with van der Waals surface area (Å²) < 4.78 is 41.4. The first-order valence-electron chi connectivity index (χ1n) is 9.67. The fraction of sp³-hybridized carbons (Fsp3) is 0.143. The Balaban J connectivity index is 1.73. The number of aromatic nitrogens is 6. The summed E-state index contributed by atoms with van der Waals surface area (Å²) in [5, 5.41) is 13.9. The zero-order valence-corrected chi connectivity index (χ0v) is 17.9. The minimum absolute atomic E-state index is 0.140. The molecule has 0 bridgehead atoms. The molecule has 0 amide bonds. The monoisotopic (exact) mass is 451 g/mol. The molecule has 2 N–H and O–H groups in total. The molecule has 5 rings (SSSR count). The van der Waals surface area contributed by atoms with Crippen LogP contribution in [0.1, 0.15) is 18.7 Å². The van der Waals surface area contributed by atoms with Crippen molar-refractivity contribution in [3.05, 3.63) is 72.1 Å². The predicted octanol–water partition coefficient (Wildman–Crippen LogP) is 2.73. The molecule has 0 aliphatic heterocycles. The highest BCUT2D eigenvalue weighted by Gasteiger charge is 2.21. The fourth-order valence-electron chi connectivity index (χ4n) is 3.75. The van der Waals surface area contributed by atoms with Crippen LogP contribution >= 0.6 is 0 Å². The lowest BCUT2D eigenvalue weighted by atomic mass is 10.1. The highest BCUT2D eigenvalue weighted by atomic mass is 32.2. The van der Waals surface area contributed by atoms with E-state index in [1.165, 1.54) is 41.6 Å². The van der Waals surface area contributed by atoms with E-state index in [1.54, 1.807) is 22.8 Å². The molecular weight excluding hydrogens is 433 g/mol. The molecule has 1 atom stereocenters. The van der Waals surface area contributed by atoms with Crippen LogP contribution in [0.4, 0.5) is 4.39 Å². The van der Waals surface area contributed by atoms with E-state index in [0.717, 1.165) is 6.26 Å². The number of H-pyrrole nitrogens is 1. The molecule has 162 valence electrons. The number of sulfone groups is 1. The number of imidazole rings is 1. The first-order chi connectivity index (χ1) is 15.2. The molecule has 0 saturated heterocycles. The lowest BCUT2D eigenvalue weighted by Gasteiger charge is -2.14. The van der Waals surface area contributed by atoms with Crippen LogP contribution in [0.5, 0.6) is 0 Å². The van der Waals surface area contributed by atoms with E-state index in [9.17, 15) is 12.8 Å². The highest BCUT2D eigenvalue weighted by Crippen LogP contribution is 2.29. The van der Waals surface area contributed by atoms with Gasteiger partial charge in [0.25, 0.3) is 0 Å². The number of aromatic amines is 1. The molecular formula is C21H18FN7O2S. The molecule has 5 aromatic rings. The van der Waals surface area contributed by atoms with Crippen LogP contribution in [0.2, 0.25) is 0 Å². The normalized spacial score (nSPS) is 13.1. The van der Waals surface area contributed by atoms with Crippen molar-refractivity contribution in [2.24, 2.45) is 0 Å². The zero-order chi connectivity index (χ0) is 22.6. The van der Waals surface area contributed by atoms with Crippen molar-refractivity contribution in [3.8, 4) is 5.69 Å². The number of hydrogen-bond acceptors (Lipinski definition) is 6. The highest BCUT2D eigenvalue weighted by molar-refractivity contribution is 7.90. The fourth-order valence-corrected chi connectivity index (χ4v) is 4.41. The average Bonchev–Trinajstić information content (AvgIpc) is 3.38. The molecule has 0 aliphatic rings. The summed E-state index contributed by atoms with van der Waals surface area (Å²) in [7, 11) is -3.43. The van der Waals surface area contributed by atoms with Crippen LogP contribution in [-0.4, -0.2) is 44.0 Å². The standard InChI is InChI=1S/C21H18FN7O2S/c1-12(28-11-26-21-19(20(28)23)24-10-25-21)18-16-7-6-13(22)8-17(16)29(27-18)14-4-3-5-15(9-14)32(2,30)31/h3-12,23H,1-2H3,(H,24,25)/t12-/m0/s1. The van der Waals surface area contributed by atoms with Crippen LogP contribution in [-0.2, 0) is 9.84 Å². The van der Waals surface area contributed by atoms with E-state index in [2.05, 4.69) is 15.0 Å². The van der Waals surface area contributed by atoms with Gasteiger partial charge in [0.1, 0.15) is 11.3 Å². The van der Waals surface area contributed by atoms with Crippen molar-refractivity contribution in [2.75, 3.05) is 6.26 Å². The number of rotatable bonds is 4. The van der Waals surface area contributed by atoms with E-state index in [1.807, 2.05) is 6.92 Å². The number of fused-ring (bicyclic) bond motifs is 2. The summed E-state index contributed by atoms with van der Waals surface area (Å²) in [4.78, 5) is 11.4. The van der Waals surface area contributed by atoms with Gasteiger partial charge < -0.3 is 9.55 Å². The molecule has 2 aromatic carbocycles. The van der Waals surface area contributed by atoms with Gasteiger partial charge in [-0.25, -0.2) is 27.5 Å². The van der Waals surface area contributed by atoms with Gasteiger partial charge in [0.15, 0.2) is 21.0 Å². The Bertz CT molecular complexity index is 1670. The van der Waals surface area contributed by atoms with Crippen molar-refractivity contribution < 1.29 is 12.8 Å². The second kappa shape index (κ2) is 7.09. The first-order valence-corrected chi connectivity index (χ1v) is 11.6. The molecule has 3 aromatic heterocycles. The van der Waals surface area contributed by atoms with Crippen molar-refractivity contribution in [1.82, 2.24) is 29.3 Å². The van der Waals surface area contributed by atoms with Gasteiger partial charge in [-0.3, -0.25) is 5.41 Å². The topological polar surface area (TPSA) is 122 Å². The maximum atomic E-state index is 14.1. The molecule has 0 aliphatic carbocycles. The second-order valence-electron chi connectivity index (χ2n) is 7.51. The molecule has 0 spiro atoms. The number of benzene rings is 2. The molecule has 3 heterocycles. The van der Waals surface area contributed by atoms with E-state index >= 15 is 0 Å². The number of hydrogen-bond donors (Lipinski definition) is 2. The Labute approximate surface area is 181 Å². The summed E-state index contributed by atoms with van der Waals surface area (Å²) in [5.41, 5.74) is 2.68. The van der Waals surface area contributed by atoms with Gasteiger partial charge in [-0.2, -0.15) is 5.10 Å². The Morgan fingerprint density at radius 3 is 2.75 bits per heavy atom. The van der Waals surface area contributed by atoms with Gasteiger partial charge >= 0.3 is 0 Å². The molecule has 0 fully saturated rings. The second-order valence-corrected chi connectivity index (χ2v) is 9.52. The van der Waals surface area contributed by atoms with Gasteiger partial charge in [-0.15, -0.1) is 0 Å². The minimum Gasteiger partial charge on any atom is -0.340 e. The Morgan fingerprint density at radius 2 is 1.97 bits per heavy atom. The van der Waals surface area contributed by atoms with Crippen LogP contribution in [0.25, 0.3) is 27.8 Å².